The Morgan fingerprint density at radius 1 is 1.08 bits per heavy atom. The number of fused-ring (bicyclic) bond motifs is 3. The maximum absolute atomic E-state index is 10.4. The Bertz CT molecular complexity index is 790. The molecule has 5 rings (SSSR count). The van der Waals surface area contributed by atoms with Gasteiger partial charge in [0.1, 0.15) is 5.75 Å². The van der Waals surface area contributed by atoms with E-state index in [1.165, 1.54) is 29.5 Å². The van der Waals surface area contributed by atoms with Gasteiger partial charge in [-0.3, -0.25) is 4.90 Å². The quantitative estimate of drug-likeness (QED) is 0.896. The summed E-state index contributed by atoms with van der Waals surface area (Å²) in [4.78, 5) is 2.68. The highest BCUT2D eigenvalue weighted by atomic mass is 16.5. The van der Waals surface area contributed by atoms with Gasteiger partial charge < -0.3 is 9.84 Å². The molecule has 2 saturated heterocycles. The minimum atomic E-state index is 0.0180. The van der Waals surface area contributed by atoms with Gasteiger partial charge in [0.15, 0.2) is 0 Å². The first-order valence-electron chi connectivity index (χ1n) is 9.93. The van der Waals surface area contributed by atoms with E-state index in [-0.39, 0.29) is 12.0 Å². The van der Waals surface area contributed by atoms with Crippen molar-refractivity contribution in [2.24, 2.45) is 5.41 Å². The molecule has 2 aromatic carbocycles. The summed E-state index contributed by atoms with van der Waals surface area (Å²) in [6, 6.07) is 18.5. The van der Waals surface area contributed by atoms with Crippen LogP contribution in [0.25, 0.3) is 0 Å². The van der Waals surface area contributed by atoms with Crippen molar-refractivity contribution in [1.82, 2.24) is 4.90 Å². The van der Waals surface area contributed by atoms with Gasteiger partial charge in [0.2, 0.25) is 0 Å². The molecule has 1 N–H and O–H groups in total. The molecule has 0 saturated carbocycles. The second-order valence-electron chi connectivity index (χ2n) is 8.35. The average molecular weight is 349 g/mol. The van der Waals surface area contributed by atoms with Crippen molar-refractivity contribution in [3.05, 3.63) is 65.2 Å². The topological polar surface area (TPSA) is 32.7 Å². The van der Waals surface area contributed by atoms with Crippen LogP contribution in [0.5, 0.6) is 5.75 Å². The third-order valence-electron chi connectivity index (χ3n) is 6.82. The second-order valence-corrected chi connectivity index (χ2v) is 8.35. The zero-order valence-corrected chi connectivity index (χ0v) is 15.2. The SMILES string of the molecule is OC[C@]1(Cc2ccccc2)C[C@@H]2CC[C@H]1N2Cc1ccc2c(c1)CCO2. The summed E-state index contributed by atoms with van der Waals surface area (Å²) in [5.41, 5.74) is 4.11. The molecular weight excluding hydrogens is 322 g/mol. The molecule has 2 aromatic rings. The molecule has 0 aliphatic carbocycles. The number of rotatable bonds is 5. The van der Waals surface area contributed by atoms with Gasteiger partial charge in [0, 0.05) is 30.5 Å². The van der Waals surface area contributed by atoms with Gasteiger partial charge in [-0.25, -0.2) is 0 Å². The summed E-state index contributed by atoms with van der Waals surface area (Å²) < 4.78 is 5.65. The molecule has 3 atom stereocenters. The molecular formula is C23H27NO2. The normalized spacial score (nSPS) is 29.7. The lowest BCUT2D eigenvalue weighted by Crippen LogP contribution is -2.41. The first kappa shape index (κ1) is 16.3. The molecule has 0 radical (unpaired) electrons. The molecule has 2 fully saturated rings. The molecule has 0 amide bonds. The highest BCUT2D eigenvalue weighted by molar-refractivity contribution is 5.40. The van der Waals surface area contributed by atoms with Gasteiger partial charge >= 0.3 is 0 Å². The Hall–Kier alpha value is -1.84. The third-order valence-corrected chi connectivity index (χ3v) is 6.82. The first-order valence-corrected chi connectivity index (χ1v) is 9.93. The van der Waals surface area contributed by atoms with Gasteiger partial charge in [-0.05, 0) is 48.4 Å². The van der Waals surface area contributed by atoms with Crippen LogP contribution in [0.4, 0.5) is 0 Å². The molecule has 0 spiro atoms. The van der Waals surface area contributed by atoms with Crippen LogP contribution in [0.3, 0.4) is 0 Å². The van der Waals surface area contributed by atoms with E-state index in [0.717, 1.165) is 38.2 Å². The van der Waals surface area contributed by atoms with Crippen molar-refractivity contribution < 1.29 is 9.84 Å². The fourth-order valence-corrected chi connectivity index (χ4v) is 5.63. The fraction of sp³-hybridized carbons (Fsp3) is 0.478. The Morgan fingerprint density at radius 2 is 1.96 bits per heavy atom. The minimum absolute atomic E-state index is 0.0180. The maximum Gasteiger partial charge on any atom is 0.122 e. The zero-order chi connectivity index (χ0) is 17.6. The summed E-state index contributed by atoms with van der Waals surface area (Å²) >= 11 is 0. The lowest BCUT2D eigenvalue weighted by atomic mass is 9.70. The van der Waals surface area contributed by atoms with Crippen LogP contribution in [-0.2, 0) is 19.4 Å². The Labute approximate surface area is 155 Å². The predicted octanol–water partition coefficient (Wildman–Crippen LogP) is 3.58. The molecule has 0 aromatic heterocycles. The van der Waals surface area contributed by atoms with E-state index in [1.54, 1.807) is 0 Å². The third kappa shape index (κ3) is 2.65. The number of ether oxygens (including phenoxy) is 1. The van der Waals surface area contributed by atoms with Gasteiger partial charge in [0.25, 0.3) is 0 Å². The lowest BCUT2D eigenvalue weighted by Gasteiger charge is -2.36. The molecule has 3 aliphatic rings. The van der Waals surface area contributed by atoms with Crippen LogP contribution in [-0.4, -0.2) is 35.3 Å². The molecule has 3 heterocycles. The van der Waals surface area contributed by atoms with Gasteiger partial charge in [-0.15, -0.1) is 0 Å². The zero-order valence-electron chi connectivity index (χ0n) is 15.2. The van der Waals surface area contributed by atoms with E-state index in [0.29, 0.717) is 12.1 Å². The van der Waals surface area contributed by atoms with E-state index >= 15 is 0 Å². The largest absolute Gasteiger partial charge is 0.493 e. The monoisotopic (exact) mass is 349 g/mol. The molecule has 2 bridgehead atoms. The van der Waals surface area contributed by atoms with Crippen LogP contribution < -0.4 is 4.74 Å². The van der Waals surface area contributed by atoms with E-state index in [1.807, 2.05) is 0 Å². The van der Waals surface area contributed by atoms with Crippen LogP contribution in [0.2, 0.25) is 0 Å². The Morgan fingerprint density at radius 3 is 2.81 bits per heavy atom. The summed E-state index contributed by atoms with van der Waals surface area (Å²) in [5.74, 6) is 1.06. The van der Waals surface area contributed by atoms with Crippen molar-refractivity contribution >= 4 is 0 Å². The van der Waals surface area contributed by atoms with Gasteiger partial charge in [-0.2, -0.15) is 0 Å². The standard InChI is InChI=1S/C23H27NO2/c25-16-23(13-17-4-2-1-3-5-17)14-20-7-9-22(23)24(20)15-18-6-8-21-19(12-18)10-11-26-21/h1-6,8,12,20,22,25H,7,9-11,13-16H2/t20-,22+,23-/m0/s1. The van der Waals surface area contributed by atoms with E-state index in [2.05, 4.69) is 53.4 Å². The highest BCUT2D eigenvalue weighted by Crippen LogP contribution is 2.51. The highest BCUT2D eigenvalue weighted by Gasteiger charge is 2.55. The van der Waals surface area contributed by atoms with Crippen molar-refractivity contribution in [1.29, 1.82) is 0 Å². The number of benzene rings is 2. The van der Waals surface area contributed by atoms with Crippen LogP contribution in [0.1, 0.15) is 36.0 Å². The summed E-state index contributed by atoms with van der Waals surface area (Å²) in [5, 5.41) is 10.4. The van der Waals surface area contributed by atoms with Gasteiger partial charge in [0.05, 0.1) is 13.2 Å². The summed E-state index contributed by atoms with van der Waals surface area (Å²) in [6.07, 6.45) is 5.63. The average Bonchev–Trinajstić information content (AvgIpc) is 3.36. The molecule has 0 unspecified atom stereocenters. The van der Waals surface area contributed by atoms with Crippen LogP contribution in [0, 0.1) is 5.41 Å². The lowest BCUT2D eigenvalue weighted by molar-refractivity contribution is 0.0750. The van der Waals surface area contributed by atoms with Crippen molar-refractivity contribution in [2.75, 3.05) is 13.2 Å². The Balaban J connectivity index is 1.38. The van der Waals surface area contributed by atoms with Crippen molar-refractivity contribution in [2.45, 2.75) is 50.7 Å². The number of aliphatic hydroxyl groups is 1. The molecule has 3 aliphatic heterocycles. The molecule has 26 heavy (non-hydrogen) atoms. The summed E-state index contributed by atoms with van der Waals surface area (Å²) in [6.45, 7) is 2.11. The number of aliphatic hydroxyl groups excluding tert-OH is 1. The maximum atomic E-state index is 10.4. The van der Waals surface area contributed by atoms with Crippen LogP contribution in [0.15, 0.2) is 48.5 Å². The molecule has 3 nitrogen and oxygen atoms in total. The number of nitrogens with zero attached hydrogens (tertiary/aromatic N) is 1. The van der Waals surface area contributed by atoms with E-state index < -0.39 is 0 Å². The molecule has 136 valence electrons. The van der Waals surface area contributed by atoms with Crippen LogP contribution >= 0.6 is 0 Å². The smallest absolute Gasteiger partial charge is 0.122 e. The fourth-order valence-electron chi connectivity index (χ4n) is 5.63. The number of hydrogen-bond acceptors (Lipinski definition) is 3. The van der Waals surface area contributed by atoms with E-state index in [4.69, 9.17) is 4.74 Å². The first-order chi connectivity index (χ1) is 12.8. The second kappa shape index (κ2) is 6.40. The predicted molar refractivity (Wildman–Crippen MR) is 102 cm³/mol. The van der Waals surface area contributed by atoms with Crippen molar-refractivity contribution in [3.8, 4) is 5.75 Å². The minimum Gasteiger partial charge on any atom is -0.493 e. The number of hydrogen-bond donors (Lipinski definition) is 1. The van der Waals surface area contributed by atoms with Crippen molar-refractivity contribution in [3.63, 3.8) is 0 Å². The Kier molecular flexibility index (Phi) is 4.02. The van der Waals surface area contributed by atoms with Gasteiger partial charge in [-0.1, -0.05) is 42.5 Å². The van der Waals surface area contributed by atoms with E-state index in [9.17, 15) is 5.11 Å². The molecule has 3 heteroatoms. The summed E-state index contributed by atoms with van der Waals surface area (Å²) in [7, 11) is 0.